The van der Waals surface area contributed by atoms with E-state index < -0.39 is 30.3 Å². The highest BCUT2D eigenvalue weighted by molar-refractivity contribution is 5.96. The molecule has 0 heterocycles. The lowest BCUT2D eigenvalue weighted by Crippen LogP contribution is -2.21. The van der Waals surface area contributed by atoms with E-state index in [0.29, 0.717) is 17.9 Å². The van der Waals surface area contributed by atoms with Crippen LogP contribution < -0.4 is 10.1 Å². The van der Waals surface area contributed by atoms with Crippen molar-refractivity contribution in [3.05, 3.63) is 59.4 Å². The third kappa shape index (κ3) is 5.80. The van der Waals surface area contributed by atoms with Crippen LogP contribution >= 0.6 is 0 Å². The summed E-state index contributed by atoms with van der Waals surface area (Å²) in [4.78, 5) is 35.5. The Kier molecular flexibility index (Phi) is 7.50. The first-order valence-corrected chi connectivity index (χ1v) is 8.52. The first-order valence-electron chi connectivity index (χ1n) is 8.52. The quantitative estimate of drug-likeness (QED) is 0.698. The van der Waals surface area contributed by atoms with Crippen molar-refractivity contribution in [3.63, 3.8) is 0 Å². The van der Waals surface area contributed by atoms with Gasteiger partial charge in [0.15, 0.2) is 6.61 Å². The van der Waals surface area contributed by atoms with E-state index in [0.717, 1.165) is 12.5 Å². The fourth-order valence-electron chi connectivity index (χ4n) is 2.16. The number of rotatable bonds is 8. The molecule has 0 aliphatic carbocycles. The lowest BCUT2D eigenvalue weighted by molar-refractivity contribution is -0.119. The van der Waals surface area contributed by atoms with Gasteiger partial charge in [-0.3, -0.25) is 4.79 Å². The number of hydrogen-bond acceptors (Lipinski definition) is 6. The fraction of sp³-hybridized carbons (Fsp3) is 0.250. The highest BCUT2D eigenvalue weighted by atomic mass is 19.1. The van der Waals surface area contributed by atoms with Gasteiger partial charge >= 0.3 is 11.9 Å². The summed E-state index contributed by atoms with van der Waals surface area (Å²) in [6, 6.07) is 9.72. The molecule has 2 aromatic carbocycles. The van der Waals surface area contributed by atoms with E-state index in [-0.39, 0.29) is 11.3 Å². The monoisotopic (exact) mass is 389 g/mol. The van der Waals surface area contributed by atoms with Crippen molar-refractivity contribution in [2.45, 2.75) is 13.3 Å². The molecule has 1 amide bonds. The molecule has 0 spiro atoms. The number of benzene rings is 2. The highest BCUT2D eigenvalue weighted by Gasteiger charge is 2.16. The van der Waals surface area contributed by atoms with Crippen molar-refractivity contribution in [3.8, 4) is 5.75 Å². The number of nitrogens with one attached hydrogen (secondary N) is 1. The van der Waals surface area contributed by atoms with Crippen LogP contribution in [0.25, 0.3) is 0 Å². The van der Waals surface area contributed by atoms with Gasteiger partial charge in [0.05, 0.1) is 24.8 Å². The largest absolute Gasteiger partial charge is 0.497 e. The Bertz CT molecular complexity index is 850. The van der Waals surface area contributed by atoms with Gasteiger partial charge in [-0.25, -0.2) is 14.0 Å². The first kappa shape index (κ1) is 20.9. The number of amides is 1. The number of carbonyl (C=O) groups excluding carboxylic acids is 3. The fourth-order valence-corrected chi connectivity index (χ4v) is 2.16. The van der Waals surface area contributed by atoms with Crippen LogP contribution in [0.5, 0.6) is 5.75 Å². The normalized spacial score (nSPS) is 10.1. The van der Waals surface area contributed by atoms with Crippen LogP contribution in [0.3, 0.4) is 0 Å². The van der Waals surface area contributed by atoms with Crippen LogP contribution in [-0.2, 0) is 14.3 Å². The molecule has 7 nitrogen and oxygen atoms in total. The van der Waals surface area contributed by atoms with Crippen LogP contribution in [0, 0.1) is 5.82 Å². The molecule has 28 heavy (non-hydrogen) atoms. The van der Waals surface area contributed by atoms with Crippen molar-refractivity contribution in [1.29, 1.82) is 0 Å². The van der Waals surface area contributed by atoms with Crippen molar-refractivity contribution >= 4 is 23.5 Å². The van der Waals surface area contributed by atoms with E-state index in [4.69, 9.17) is 14.2 Å². The molecule has 0 fully saturated rings. The van der Waals surface area contributed by atoms with Crippen LogP contribution in [0.2, 0.25) is 0 Å². The summed E-state index contributed by atoms with van der Waals surface area (Å²) in [5, 5.41) is 2.51. The zero-order valence-electron chi connectivity index (χ0n) is 15.5. The molecule has 0 aliphatic heterocycles. The van der Waals surface area contributed by atoms with Gasteiger partial charge in [-0.05, 0) is 42.8 Å². The standard InChI is InChI=1S/C20H20FNO6/c1-3-10-27-19(24)13-4-6-14(7-5-13)22-18(23)12-28-20(25)16-9-8-15(26-2)11-17(16)21/h4-9,11H,3,10,12H2,1-2H3,(H,22,23). The number of carbonyl (C=O) groups is 3. The van der Waals surface area contributed by atoms with Crippen molar-refractivity contribution in [1.82, 2.24) is 0 Å². The van der Waals surface area contributed by atoms with Gasteiger partial charge < -0.3 is 19.5 Å². The number of anilines is 1. The van der Waals surface area contributed by atoms with Gasteiger partial charge in [0.1, 0.15) is 11.6 Å². The molecule has 0 bridgehead atoms. The van der Waals surface area contributed by atoms with E-state index in [2.05, 4.69) is 5.32 Å². The summed E-state index contributed by atoms with van der Waals surface area (Å²) in [6.45, 7) is 1.63. The Hall–Kier alpha value is -3.42. The molecule has 2 rings (SSSR count). The minimum Gasteiger partial charge on any atom is -0.497 e. The molecular formula is C20H20FNO6. The van der Waals surface area contributed by atoms with Gasteiger partial charge in [0.2, 0.25) is 0 Å². The number of halogens is 1. The number of methoxy groups -OCH3 is 1. The maximum absolute atomic E-state index is 13.8. The lowest BCUT2D eigenvalue weighted by Gasteiger charge is -2.08. The van der Waals surface area contributed by atoms with Gasteiger partial charge in [-0.1, -0.05) is 6.92 Å². The van der Waals surface area contributed by atoms with Crippen LogP contribution in [0.1, 0.15) is 34.1 Å². The molecule has 148 valence electrons. The molecule has 1 N–H and O–H groups in total. The molecule has 0 unspecified atom stereocenters. The Morgan fingerprint density at radius 1 is 1.00 bits per heavy atom. The molecule has 0 aliphatic rings. The second kappa shape index (κ2) is 10.1. The summed E-state index contributed by atoms with van der Waals surface area (Å²) in [5.74, 6) is -2.58. The van der Waals surface area contributed by atoms with Gasteiger partial charge in [0, 0.05) is 11.8 Å². The molecule has 8 heteroatoms. The summed E-state index contributed by atoms with van der Waals surface area (Å²) in [5.41, 5.74) is 0.458. The summed E-state index contributed by atoms with van der Waals surface area (Å²) >= 11 is 0. The summed E-state index contributed by atoms with van der Waals surface area (Å²) in [6.07, 6.45) is 0.721. The van der Waals surface area contributed by atoms with Crippen molar-refractivity contribution in [2.75, 3.05) is 25.6 Å². The minimum absolute atomic E-state index is 0.258. The highest BCUT2D eigenvalue weighted by Crippen LogP contribution is 2.17. The molecular weight excluding hydrogens is 369 g/mol. The van der Waals surface area contributed by atoms with Crippen LogP contribution in [0.4, 0.5) is 10.1 Å². The maximum Gasteiger partial charge on any atom is 0.341 e. The summed E-state index contributed by atoms with van der Waals surface area (Å²) < 4.78 is 28.5. The van der Waals surface area contributed by atoms with E-state index in [1.54, 1.807) is 0 Å². The molecule has 0 atom stereocenters. The zero-order chi connectivity index (χ0) is 20.5. The Labute approximate surface area is 161 Å². The molecule has 0 saturated heterocycles. The van der Waals surface area contributed by atoms with Crippen LogP contribution in [0.15, 0.2) is 42.5 Å². The van der Waals surface area contributed by atoms with Gasteiger partial charge in [-0.15, -0.1) is 0 Å². The third-order valence-corrected chi connectivity index (χ3v) is 3.57. The topological polar surface area (TPSA) is 90.9 Å². The Morgan fingerprint density at radius 3 is 2.32 bits per heavy atom. The second-order valence-electron chi connectivity index (χ2n) is 5.68. The van der Waals surface area contributed by atoms with E-state index in [1.165, 1.54) is 43.5 Å². The molecule has 2 aromatic rings. The summed E-state index contributed by atoms with van der Waals surface area (Å²) in [7, 11) is 1.37. The van der Waals surface area contributed by atoms with Crippen LogP contribution in [-0.4, -0.2) is 38.2 Å². The average molecular weight is 389 g/mol. The minimum atomic E-state index is -0.968. The Balaban J connectivity index is 1.87. The van der Waals surface area contributed by atoms with Crippen molar-refractivity contribution < 1.29 is 33.0 Å². The lowest BCUT2D eigenvalue weighted by atomic mass is 10.2. The number of ether oxygens (including phenoxy) is 3. The first-order chi connectivity index (χ1) is 13.4. The van der Waals surface area contributed by atoms with E-state index >= 15 is 0 Å². The van der Waals surface area contributed by atoms with E-state index in [9.17, 15) is 18.8 Å². The second-order valence-corrected chi connectivity index (χ2v) is 5.68. The van der Waals surface area contributed by atoms with Gasteiger partial charge in [-0.2, -0.15) is 0 Å². The number of esters is 2. The van der Waals surface area contributed by atoms with Crippen molar-refractivity contribution in [2.24, 2.45) is 0 Å². The SMILES string of the molecule is CCCOC(=O)c1ccc(NC(=O)COC(=O)c2ccc(OC)cc2F)cc1. The molecule has 0 aromatic heterocycles. The smallest absolute Gasteiger partial charge is 0.341 e. The average Bonchev–Trinajstić information content (AvgIpc) is 2.70. The maximum atomic E-state index is 13.8. The predicted molar refractivity (Wildman–Crippen MR) is 98.9 cm³/mol. The molecule has 0 saturated carbocycles. The third-order valence-electron chi connectivity index (χ3n) is 3.57. The predicted octanol–water partition coefficient (Wildman–Crippen LogP) is 3.20. The number of hydrogen-bond donors (Lipinski definition) is 1. The van der Waals surface area contributed by atoms with Gasteiger partial charge in [0.25, 0.3) is 5.91 Å². The zero-order valence-corrected chi connectivity index (χ0v) is 15.5. The van der Waals surface area contributed by atoms with E-state index in [1.807, 2.05) is 6.92 Å². The molecule has 0 radical (unpaired) electrons. The Morgan fingerprint density at radius 2 is 1.71 bits per heavy atom.